The van der Waals surface area contributed by atoms with E-state index < -0.39 is 0 Å². The Morgan fingerprint density at radius 3 is 2.61 bits per heavy atom. The standard InChI is InChI=1S/C21H33N5S.HI/c1-5-22-21(24-14-20-25-19(16-27-20)17(2)3)23-12-9-13-26(4)15-18-10-7-6-8-11-18;/h6-8,10-11,16-17H,5,9,12-15H2,1-4H3,(H2,22,23,24);1H. The van der Waals surface area contributed by atoms with Crippen LogP contribution in [0.4, 0.5) is 0 Å². The summed E-state index contributed by atoms with van der Waals surface area (Å²) in [6.07, 6.45) is 1.07. The van der Waals surface area contributed by atoms with Crippen LogP contribution in [0.3, 0.4) is 0 Å². The van der Waals surface area contributed by atoms with Crippen molar-refractivity contribution in [3.05, 3.63) is 52.0 Å². The van der Waals surface area contributed by atoms with Crippen LogP contribution in [0.25, 0.3) is 0 Å². The minimum Gasteiger partial charge on any atom is -0.357 e. The van der Waals surface area contributed by atoms with Gasteiger partial charge in [0.2, 0.25) is 0 Å². The first-order valence-corrected chi connectivity index (χ1v) is 10.7. The maximum Gasteiger partial charge on any atom is 0.191 e. The summed E-state index contributed by atoms with van der Waals surface area (Å²) in [6.45, 7) is 10.8. The molecule has 0 amide bonds. The van der Waals surface area contributed by atoms with Gasteiger partial charge >= 0.3 is 0 Å². The number of nitrogens with zero attached hydrogens (tertiary/aromatic N) is 3. The van der Waals surface area contributed by atoms with Gasteiger partial charge in [-0.15, -0.1) is 35.3 Å². The van der Waals surface area contributed by atoms with Gasteiger partial charge in [-0.25, -0.2) is 9.98 Å². The largest absolute Gasteiger partial charge is 0.357 e. The third-order valence-electron chi connectivity index (χ3n) is 4.18. The predicted molar refractivity (Wildman–Crippen MR) is 132 cm³/mol. The van der Waals surface area contributed by atoms with Crippen molar-refractivity contribution in [1.82, 2.24) is 20.5 Å². The van der Waals surface area contributed by atoms with Crippen LogP contribution in [-0.2, 0) is 13.1 Å². The molecule has 5 nitrogen and oxygen atoms in total. The molecule has 28 heavy (non-hydrogen) atoms. The van der Waals surface area contributed by atoms with E-state index in [0.29, 0.717) is 12.5 Å². The lowest BCUT2D eigenvalue weighted by atomic mass is 10.2. The van der Waals surface area contributed by atoms with Gasteiger partial charge in [0, 0.05) is 25.0 Å². The van der Waals surface area contributed by atoms with E-state index in [-0.39, 0.29) is 24.0 Å². The molecule has 2 N–H and O–H groups in total. The lowest BCUT2D eigenvalue weighted by Gasteiger charge is -2.17. The first-order chi connectivity index (χ1) is 13.1. The first-order valence-electron chi connectivity index (χ1n) is 9.77. The van der Waals surface area contributed by atoms with Gasteiger partial charge < -0.3 is 15.5 Å². The van der Waals surface area contributed by atoms with E-state index >= 15 is 0 Å². The number of rotatable bonds is 10. The van der Waals surface area contributed by atoms with Crippen LogP contribution < -0.4 is 10.6 Å². The fraction of sp³-hybridized carbons (Fsp3) is 0.524. The molecular weight excluding hydrogens is 481 g/mol. The Labute approximate surface area is 191 Å². The average Bonchev–Trinajstić information content (AvgIpc) is 3.13. The summed E-state index contributed by atoms with van der Waals surface area (Å²) in [5.74, 6) is 1.34. The summed E-state index contributed by atoms with van der Waals surface area (Å²) in [6, 6.07) is 10.6. The number of hydrogen-bond donors (Lipinski definition) is 2. The highest BCUT2D eigenvalue weighted by Crippen LogP contribution is 2.18. The fourth-order valence-corrected chi connectivity index (χ4v) is 3.56. The Morgan fingerprint density at radius 2 is 1.96 bits per heavy atom. The van der Waals surface area contributed by atoms with Crippen molar-refractivity contribution in [2.75, 3.05) is 26.7 Å². The van der Waals surface area contributed by atoms with E-state index in [0.717, 1.165) is 49.3 Å². The molecule has 0 aliphatic rings. The quantitative estimate of drug-likeness (QED) is 0.212. The number of halogens is 1. The van der Waals surface area contributed by atoms with Crippen molar-refractivity contribution in [3.8, 4) is 0 Å². The molecule has 0 fully saturated rings. The molecule has 156 valence electrons. The highest BCUT2D eigenvalue weighted by Gasteiger charge is 2.06. The van der Waals surface area contributed by atoms with Crippen molar-refractivity contribution < 1.29 is 0 Å². The predicted octanol–water partition coefficient (Wildman–Crippen LogP) is 4.46. The molecule has 0 aliphatic carbocycles. The summed E-state index contributed by atoms with van der Waals surface area (Å²) in [7, 11) is 2.17. The highest BCUT2D eigenvalue weighted by molar-refractivity contribution is 14.0. The zero-order chi connectivity index (χ0) is 19.5. The van der Waals surface area contributed by atoms with Crippen LogP contribution in [-0.4, -0.2) is 42.5 Å². The maximum absolute atomic E-state index is 4.67. The van der Waals surface area contributed by atoms with Crippen molar-refractivity contribution in [2.24, 2.45) is 4.99 Å². The van der Waals surface area contributed by atoms with Gasteiger partial charge in [0.15, 0.2) is 5.96 Å². The second kappa shape index (κ2) is 13.9. The van der Waals surface area contributed by atoms with E-state index in [1.165, 1.54) is 5.56 Å². The molecule has 0 spiro atoms. The third kappa shape index (κ3) is 9.34. The van der Waals surface area contributed by atoms with Crippen LogP contribution in [0, 0.1) is 0 Å². The van der Waals surface area contributed by atoms with Crippen molar-refractivity contribution in [2.45, 2.75) is 46.2 Å². The maximum atomic E-state index is 4.67. The SMILES string of the molecule is CCNC(=NCc1nc(C(C)C)cs1)NCCCN(C)Cc1ccccc1.I. The second-order valence-corrected chi connectivity index (χ2v) is 7.96. The lowest BCUT2D eigenvalue weighted by Crippen LogP contribution is -2.38. The van der Waals surface area contributed by atoms with Gasteiger partial charge in [-0.3, -0.25) is 0 Å². The summed E-state index contributed by atoms with van der Waals surface area (Å²) in [5, 5.41) is 9.95. The van der Waals surface area contributed by atoms with Crippen LogP contribution in [0.2, 0.25) is 0 Å². The van der Waals surface area contributed by atoms with Gasteiger partial charge in [0.25, 0.3) is 0 Å². The lowest BCUT2D eigenvalue weighted by molar-refractivity contribution is 0.322. The summed E-state index contributed by atoms with van der Waals surface area (Å²) < 4.78 is 0. The van der Waals surface area contributed by atoms with E-state index in [1.54, 1.807) is 11.3 Å². The topological polar surface area (TPSA) is 52.6 Å². The molecule has 0 atom stereocenters. The third-order valence-corrected chi connectivity index (χ3v) is 5.03. The molecule has 0 aliphatic heterocycles. The molecular formula is C21H34IN5S. The smallest absolute Gasteiger partial charge is 0.191 e. The number of benzene rings is 1. The minimum absolute atomic E-state index is 0. The second-order valence-electron chi connectivity index (χ2n) is 7.02. The number of aliphatic imine (C=N–C) groups is 1. The number of hydrogen-bond acceptors (Lipinski definition) is 4. The van der Waals surface area contributed by atoms with Crippen LogP contribution in [0.5, 0.6) is 0 Å². The van der Waals surface area contributed by atoms with Crippen molar-refractivity contribution in [3.63, 3.8) is 0 Å². The molecule has 1 heterocycles. The van der Waals surface area contributed by atoms with Crippen LogP contribution >= 0.6 is 35.3 Å². The minimum atomic E-state index is 0. The fourth-order valence-electron chi connectivity index (χ4n) is 2.68. The van der Waals surface area contributed by atoms with Gasteiger partial charge in [0.1, 0.15) is 5.01 Å². The zero-order valence-corrected chi connectivity index (χ0v) is 20.6. The molecule has 7 heteroatoms. The summed E-state index contributed by atoms with van der Waals surface area (Å²) in [5.41, 5.74) is 2.51. The molecule has 0 saturated heterocycles. The Hall–Kier alpha value is -1.19. The highest BCUT2D eigenvalue weighted by atomic mass is 127. The molecule has 0 unspecified atom stereocenters. The Balaban J connectivity index is 0.00000392. The summed E-state index contributed by atoms with van der Waals surface area (Å²) in [4.78, 5) is 11.7. The van der Waals surface area contributed by atoms with Gasteiger partial charge in [-0.1, -0.05) is 44.2 Å². The molecule has 1 aromatic carbocycles. The Kier molecular flexibility index (Phi) is 12.3. The molecule has 0 saturated carbocycles. The van der Waals surface area contributed by atoms with Crippen LogP contribution in [0.1, 0.15) is 49.4 Å². The Bertz CT molecular complexity index is 687. The average molecular weight is 516 g/mol. The van der Waals surface area contributed by atoms with E-state index in [9.17, 15) is 0 Å². The number of thiazole rings is 1. The Morgan fingerprint density at radius 1 is 1.21 bits per heavy atom. The number of aromatic nitrogens is 1. The van der Waals surface area contributed by atoms with E-state index in [4.69, 9.17) is 0 Å². The summed E-state index contributed by atoms with van der Waals surface area (Å²) >= 11 is 1.69. The van der Waals surface area contributed by atoms with Gasteiger partial charge in [-0.2, -0.15) is 0 Å². The van der Waals surface area contributed by atoms with E-state index in [1.807, 2.05) is 0 Å². The monoisotopic (exact) mass is 515 g/mol. The van der Waals surface area contributed by atoms with Gasteiger partial charge in [-0.05, 0) is 38.4 Å². The molecule has 1 aromatic heterocycles. The molecule has 2 rings (SSSR count). The van der Waals surface area contributed by atoms with Crippen molar-refractivity contribution >= 4 is 41.3 Å². The van der Waals surface area contributed by atoms with Gasteiger partial charge in [0.05, 0.1) is 12.2 Å². The number of guanidine groups is 1. The number of nitrogens with one attached hydrogen (secondary N) is 2. The van der Waals surface area contributed by atoms with Crippen molar-refractivity contribution in [1.29, 1.82) is 0 Å². The van der Waals surface area contributed by atoms with E-state index in [2.05, 4.69) is 89.0 Å². The van der Waals surface area contributed by atoms with Crippen LogP contribution in [0.15, 0.2) is 40.7 Å². The first kappa shape index (κ1) is 24.8. The molecule has 0 radical (unpaired) electrons. The normalized spacial score (nSPS) is 11.6. The molecule has 0 bridgehead atoms. The zero-order valence-electron chi connectivity index (χ0n) is 17.4. The molecule has 2 aromatic rings.